The van der Waals surface area contributed by atoms with Crippen LogP contribution in [0.2, 0.25) is 10.0 Å². The molecule has 0 saturated carbocycles. The number of aromatic nitrogens is 1. The summed E-state index contributed by atoms with van der Waals surface area (Å²) in [6.45, 7) is 0. The standard InChI is InChI=1S/C16H8Cl2F2N2OS/c17-10-3-9(4-11(18)6-10)15(23)22-16-21-14(7-24-16)8-1-2-12(19)13(20)5-8/h1-7H,(H,21,22,23). The summed E-state index contributed by atoms with van der Waals surface area (Å²) < 4.78 is 26.3. The molecule has 3 nitrogen and oxygen atoms in total. The van der Waals surface area contributed by atoms with Crippen molar-refractivity contribution < 1.29 is 13.6 Å². The molecule has 0 aliphatic rings. The monoisotopic (exact) mass is 384 g/mol. The zero-order valence-electron chi connectivity index (χ0n) is 11.8. The molecule has 2 aromatic carbocycles. The minimum Gasteiger partial charge on any atom is -0.298 e. The highest BCUT2D eigenvalue weighted by molar-refractivity contribution is 7.14. The average Bonchev–Trinajstić information content (AvgIpc) is 2.97. The molecule has 0 aliphatic heterocycles. The highest BCUT2D eigenvalue weighted by atomic mass is 35.5. The second kappa shape index (κ2) is 6.84. The van der Waals surface area contributed by atoms with Gasteiger partial charge in [0.25, 0.3) is 5.91 Å². The van der Waals surface area contributed by atoms with E-state index in [4.69, 9.17) is 23.2 Å². The Bertz CT molecular complexity index is 910. The van der Waals surface area contributed by atoms with Crippen LogP contribution in [0.3, 0.4) is 0 Å². The molecule has 0 spiro atoms. The molecule has 0 unspecified atom stereocenters. The van der Waals surface area contributed by atoms with Crippen molar-refractivity contribution in [1.29, 1.82) is 0 Å². The molecular formula is C16H8Cl2F2N2OS. The molecule has 0 aliphatic carbocycles. The number of hydrogen-bond acceptors (Lipinski definition) is 3. The number of amides is 1. The normalized spacial score (nSPS) is 10.7. The van der Waals surface area contributed by atoms with Crippen LogP contribution in [0, 0.1) is 11.6 Å². The van der Waals surface area contributed by atoms with Crippen LogP contribution >= 0.6 is 34.5 Å². The van der Waals surface area contributed by atoms with Crippen molar-refractivity contribution in [3.05, 3.63) is 69.0 Å². The average molecular weight is 385 g/mol. The van der Waals surface area contributed by atoms with Gasteiger partial charge in [-0.25, -0.2) is 13.8 Å². The quantitative estimate of drug-likeness (QED) is 0.633. The summed E-state index contributed by atoms with van der Waals surface area (Å²) >= 11 is 12.9. The van der Waals surface area contributed by atoms with E-state index in [0.29, 0.717) is 26.4 Å². The maximum Gasteiger partial charge on any atom is 0.257 e. The fourth-order valence-electron chi connectivity index (χ4n) is 1.97. The van der Waals surface area contributed by atoms with Crippen molar-refractivity contribution in [2.45, 2.75) is 0 Å². The zero-order valence-corrected chi connectivity index (χ0v) is 14.1. The fourth-order valence-corrected chi connectivity index (χ4v) is 3.21. The van der Waals surface area contributed by atoms with Gasteiger partial charge in [-0.05, 0) is 36.4 Å². The molecule has 1 amide bonds. The number of benzene rings is 2. The Morgan fingerprint density at radius 3 is 2.42 bits per heavy atom. The van der Waals surface area contributed by atoms with Crippen molar-refractivity contribution >= 4 is 45.6 Å². The van der Waals surface area contributed by atoms with Gasteiger partial charge in [-0.2, -0.15) is 0 Å². The van der Waals surface area contributed by atoms with Gasteiger partial charge in [-0.1, -0.05) is 23.2 Å². The summed E-state index contributed by atoms with van der Waals surface area (Å²) in [4.78, 5) is 16.4. The number of nitrogens with one attached hydrogen (secondary N) is 1. The molecule has 122 valence electrons. The lowest BCUT2D eigenvalue weighted by Gasteiger charge is -2.03. The molecule has 0 saturated heterocycles. The second-order valence-corrected chi connectivity index (χ2v) is 6.51. The summed E-state index contributed by atoms with van der Waals surface area (Å²) in [7, 11) is 0. The summed E-state index contributed by atoms with van der Waals surface area (Å²) in [5.41, 5.74) is 1.13. The Labute approximate surface area is 149 Å². The minimum absolute atomic E-state index is 0.289. The Morgan fingerprint density at radius 2 is 1.75 bits per heavy atom. The number of carbonyl (C=O) groups excluding carboxylic acids is 1. The molecule has 3 aromatic rings. The Hall–Kier alpha value is -2.02. The van der Waals surface area contributed by atoms with E-state index in [1.165, 1.54) is 24.3 Å². The van der Waals surface area contributed by atoms with E-state index in [1.807, 2.05) is 0 Å². The first kappa shape index (κ1) is 16.8. The smallest absolute Gasteiger partial charge is 0.257 e. The van der Waals surface area contributed by atoms with Crippen LogP contribution in [-0.2, 0) is 0 Å². The van der Waals surface area contributed by atoms with Gasteiger partial charge in [0.1, 0.15) is 0 Å². The number of halogens is 4. The van der Waals surface area contributed by atoms with Crippen molar-refractivity contribution in [3.63, 3.8) is 0 Å². The number of anilines is 1. The van der Waals surface area contributed by atoms with Crippen LogP contribution in [0.5, 0.6) is 0 Å². The van der Waals surface area contributed by atoms with Crippen molar-refractivity contribution in [2.24, 2.45) is 0 Å². The van der Waals surface area contributed by atoms with Crippen LogP contribution in [-0.4, -0.2) is 10.9 Å². The first-order valence-corrected chi connectivity index (χ1v) is 8.24. The summed E-state index contributed by atoms with van der Waals surface area (Å²) in [5, 5.41) is 5.24. The third kappa shape index (κ3) is 3.72. The summed E-state index contributed by atoms with van der Waals surface area (Å²) in [6.07, 6.45) is 0. The highest BCUT2D eigenvalue weighted by Gasteiger charge is 2.12. The lowest BCUT2D eigenvalue weighted by Crippen LogP contribution is -2.11. The SMILES string of the molecule is O=C(Nc1nc(-c2ccc(F)c(F)c2)cs1)c1cc(Cl)cc(Cl)c1. The van der Waals surface area contributed by atoms with Crippen molar-refractivity contribution in [3.8, 4) is 11.3 Å². The Kier molecular flexibility index (Phi) is 4.80. The zero-order chi connectivity index (χ0) is 17.3. The van der Waals surface area contributed by atoms with E-state index in [0.717, 1.165) is 23.5 Å². The third-order valence-corrected chi connectivity index (χ3v) is 4.26. The second-order valence-electron chi connectivity index (χ2n) is 4.78. The van der Waals surface area contributed by atoms with Crippen LogP contribution in [0.25, 0.3) is 11.3 Å². The molecule has 0 bridgehead atoms. The third-order valence-electron chi connectivity index (χ3n) is 3.06. The number of thiazole rings is 1. The molecule has 0 radical (unpaired) electrons. The van der Waals surface area contributed by atoms with E-state index in [2.05, 4.69) is 10.3 Å². The molecule has 3 rings (SSSR count). The number of nitrogens with zero attached hydrogens (tertiary/aromatic N) is 1. The number of rotatable bonds is 3. The van der Waals surface area contributed by atoms with Gasteiger partial charge in [0.15, 0.2) is 16.8 Å². The van der Waals surface area contributed by atoms with Gasteiger partial charge in [0.2, 0.25) is 0 Å². The Balaban J connectivity index is 1.80. The van der Waals surface area contributed by atoms with Gasteiger partial charge < -0.3 is 0 Å². The predicted molar refractivity (Wildman–Crippen MR) is 91.9 cm³/mol. The molecule has 1 N–H and O–H groups in total. The first-order valence-electron chi connectivity index (χ1n) is 6.61. The van der Waals surface area contributed by atoms with Crippen molar-refractivity contribution in [2.75, 3.05) is 5.32 Å². The largest absolute Gasteiger partial charge is 0.298 e. The van der Waals surface area contributed by atoms with Gasteiger partial charge in [-0.3, -0.25) is 10.1 Å². The van der Waals surface area contributed by atoms with Crippen molar-refractivity contribution in [1.82, 2.24) is 4.98 Å². The molecular weight excluding hydrogens is 377 g/mol. The minimum atomic E-state index is -0.959. The molecule has 1 aromatic heterocycles. The molecule has 0 atom stereocenters. The fraction of sp³-hybridized carbons (Fsp3) is 0. The van der Waals surface area contributed by atoms with Crippen LogP contribution < -0.4 is 5.32 Å². The highest BCUT2D eigenvalue weighted by Crippen LogP contribution is 2.27. The van der Waals surface area contributed by atoms with E-state index in [9.17, 15) is 13.6 Å². The predicted octanol–water partition coefficient (Wildman–Crippen LogP) is 5.65. The van der Waals surface area contributed by atoms with E-state index >= 15 is 0 Å². The van der Waals surface area contributed by atoms with Gasteiger partial charge >= 0.3 is 0 Å². The lowest BCUT2D eigenvalue weighted by molar-refractivity contribution is 0.102. The van der Waals surface area contributed by atoms with Gasteiger partial charge in [0.05, 0.1) is 5.69 Å². The number of hydrogen-bond donors (Lipinski definition) is 1. The van der Waals surface area contributed by atoms with E-state index in [1.54, 1.807) is 5.38 Å². The molecule has 8 heteroatoms. The summed E-state index contributed by atoms with van der Waals surface area (Å²) in [5.74, 6) is -2.31. The van der Waals surface area contributed by atoms with Crippen LogP contribution in [0.1, 0.15) is 10.4 Å². The van der Waals surface area contributed by atoms with Gasteiger partial charge in [-0.15, -0.1) is 11.3 Å². The molecule has 1 heterocycles. The van der Waals surface area contributed by atoms with E-state index in [-0.39, 0.29) is 5.56 Å². The van der Waals surface area contributed by atoms with E-state index < -0.39 is 17.5 Å². The maximum absolute atomic E-state index is 13.3. The first-order chi connectivity index (χ1) is 11.4. The summed E-state index contributed by atoms with van der Waals surface area (Å²) in [6, 6.07) is 7.96. The lowest BCUT2D eigenvalue weighted by atomic mass is 10.2. The topological polar surface area (TPSA) is 42.0 Å². The maximum atomic E-state index is 13.3. The van der Waals surface area contributed by atoms with Crippen LogP contribution in [0.15, 0.2) is 41.8 Å². The molecule has 24 heavy (non-hydrogen) atoms. The Morgan fingerprint density at radius 1 is 1.04 bits per heavy atom. The van der Waals surface area contributed by atoms with Gasteiger partial charge in [0, 0.05) is 26.6 Å². The van der Waals surface area contributed by atoms with Crippen LogP contribution in [0.4, 0.5) is 13.9 Å². The number of carbonyl (C=O) groups is 1. The molecule has 0 fully saturated rings.